The molecule has 3 rings (SSSR count). The molecule has 0 aromatic heterocycles. The minimum absolute atomic E-state index is 0.220. The molecule has 1 atom stereocenters. The number of fused-ring (bicyclic) bond motifs is 1. The van der Waals surface area contributed by atoms with Crippen molar-refractivity contribution in [1.82, 2.24) is 5.32 Å². The molecule has 1 aliphatic heterocycles. The largest absolute Gasteiger partial charge is 0.481 e. The molecule has 0 radical (unpaired) electrons. The van der Waals surface area contributed by atoms with Gasteiger partial charge in [-0.3, -0.25) is 4.79 Å². The zero-order valence-corrected chi connectivity index (χ0v) is 14.4. The van der Waals surface area contributed by atoms with Crippen molar-refractivity contribution in [3.63, 3.8) is 0 Å². The van der Waals surface area contributed by atoms with Crippen LogP contribution >= 0.6 is 23.2 Å². The molecule has 0 bridgehead atoms. The van der Waals surface area contributed by atoms with Gasteiger partial charge in [0.25, 0.3) is 5.91 Å². The van der Waals surface area contributed by atoms with E-state index in [1.165, 1.54) is 0 Å². The molecule has 1 amide bonds. The number of hydrogen-bond acceptors (Lipinski definition) is 4. The van der Waals surface area contributed by atoms with Crippen LogP contribution in [0.15, 0.2) is 36.4 Å². The normalized spacial score (nSPS) is 13.5. The number of rotatable bonds is 5. The highest BCUT2D eigenvalue weighted by atomic mass is 35.5. The molecule has 1 N–H and O–H groups in total. The van der Waals surface area contributed by atoms with Crippen LogP contribution in [0.1, 0.15) is 12.5 Å². The fourth-order valence-electron chi connectivity index (χ4n) is 2.24. The number of amides is 1. The summed E-state index contributed by atoms with van der Waals surface area (Å²) in [7, 11) is 0. The average Bonchev–Trinajstić information content (AvgIpc) is 2.99. The van der Waals surface area contributed by atoms with Crippen LogP contribution in [0.5, 0.6) is 17.2 Å². The topological polar surface area (TPSA) is 56.8 Å². The van der Waals surface area contributed by atoms with Gasteiger partial charge in [0, 0.05) is 16.6 Å². The van der Waals surface area contributed by atoms with Gasteiger partial charge < -0.3 is 19.5 Å². The molecule has 0 aliphatic carbocycles. The van der Waals surface area contributed by atoms with Gasteiger partial charge in [0.05, 0.1) is 0 Å². The summed E-state index contributed by atoms with van der Waals surface area (Å²) in [6.07, 6.45) is -0.687. The molecule has 0 saturated heterocycles. The van der Waals surface area contributed by atoms with E-state index < -0.39 is 6.10 Å². The van der Waals surface area contributed by atoms with Crippen LogP contribution in [-0.2, 0) is 11.3 Å². The number of nitrogens with one attached hydrogen (secondary N) is 1. The molecule has 2 aromatic carbocycles. The Balaban J connectivity index is 1.56. The molecule has 24 heavy (non-hydrogen) atoms. The van der Waals surface area contributed by atoms with Crippen molar-refractivity contribution in [2.45, 2.75) is 19.6 Å². The number of carbonyl (C=O) groups is 1. The molecule has 0 unspecified atom stereocenters. The van der Waals surface area contributed by atoms with E-state index in [-0.39, 0.29) is 12.7 Å². The van der Waals surface area contributed by atoms with Crippen LogP contribution in [0.4, 0.5) is 0 Å². The molecule has 0 fully saturated rings. The van der Waals surface area contributed by atoms with Crippen molar-refractivity contribution in [3.05, 3.63) is 52.0 Å². The first-order chi connectivity index (χ1) is 11.5. The summed E-state index contributed by atoms with van der Waals surface area (Å²) in [5, 5.41) is 3.71. The van der Waals surface area contributed by atoms with Crippen molar-refractivity contribution < 1.29 is 19.0 Å². The SMILES string of the molecule is C[C@H](Oc1cc(Cl)cc(Cl)c1)C(=O)NCc1ccc2c(c1)OCO2. The highest BCUT2D eigenvalue weighted by Gasteiger charge is 2.17. The lowest BCUT2D eigenvalue weighted by molar-refractivity contribution is -0.127. The smallest absolute Gasteiger partial charge is 0.261 e. The summed E-state index contributed by atoms with van der Waals surface area (Å²) >= 11 is 11.8. The molecule has 0 saturated carbocycles. The van der Waals surface area contributed by atoms with Crippen molar-refractivity contribution in [3.8, 4) is 17.2 Å². The lowest BCUT2D eigenvalue weighted by Gasteiger charge is -2.15. The number of carbonyl (C=O) groups excluding carboxylic acids is 1. The maximum atomic E-state index is 12.2. The van der Waals surface area contributed by atoms with Gasteiger partial charge in [0.2, 0.25) is 6.79 Å². The minimum atomic E-state index is -0.687. The maximum absolute atomic E-state index is 12.2. The Kier molecular flexibility index (Phi) is 5.02. The summed E-state index contributed by atoms with van der Waals surface area (Å²) in [6.45, 7) is 2.24. The van der Waals surface area contributed by atoms with E-state index in [2.05, 4.69) is 5.32 Å². The van der Waals surface area contributed by atoms with Crippen molar-refractivity contribution in [2.75, 3.05) is 6.79 Å². The standard InChI is InChI=1S/C17H15Cl2NO4/c1-10(24-14-6-12(18)5-13(19)7-14)17(21)20-8-11-2-3-15-16(4-11)23-9-22-15/h2-7,10H,8-9H2,1H3,(H,20,21)/t10-/m0/s1. The van der Waals surface area contributed by atoms with Gasteiger partial charge in [-0.05, 0) is 42.8 Å². The predicted octanol–water partition coefficient (Wildman–Crippen LogP) is 3.81. The molecule has 1 heterocycles. The van der Waals surface area contributed by atoms with E-state index in [1.54, 1.807) is 25.1 Å². The van der Waals surface area contributed by atoms with Crippen LogP contribution in [0.2, 0.25) is 10.0 Å². The Hall–Kier alpha value is -2.11. The van der Waals surface area contributed by atoms with Gasteiger partial charge in [0.15, 0.2) is 17.6 Å². The van der Waals surface area contributed by atoms with Crippen molar-refractivity contribution in [2.24, 2.45) is 0 Å². The zero-order valence-electron chi connectivity index (χ0n) is 12.8. The van der Waals surface area contributed by atoms with Crippen LogP contribution in [0.25, 0.3) is 0 Å². The Labute approximate surface area is 149 Å². The molecule has 7 heteroatoms. The Morgan fingerprint density at radius 3 is 2.62 bits per heavy atom. The summed E-state index contributed by atoms with van der Waals surface area (Å²) in [4.78, 5) is 12.2. The minimum Gasteiger partial charge on any atom is -0.481 e. The van der Waals surface area contributed by atoms with Crippen LogP contribution in [0, 0.1) is 0 Å². The first-order valence-corrected chi connectivity index (χ1v) is 8.06. The van der Waals surface area contributed by atoms with E-state index in [0.29, 0.717) is 33.8 Å². The second kappa shape index (κ2) is 7.20. The number of hydrogen-bond donors (Lipinski definition) is 1. The van der Waals surface area contributed by atoms with Crippen LogP contribution < -0.4 is 19.5 Å². The molecular weight excluding hydrogens is 353 g/mol. The molecule has 5 nitrogen and oxygen atoms in total. The number of ether oxygens (including phenoxy) is 3. The van der Waals surface area contributed by atoms with E-state index in [9.17, 15) is 4.79 Å². The second-order valence-electron chi connectivity index (χ2n) is 5.27. The highest BCUT2D eigenvalue weighted by Crippen LogP contribution is 2.32. The van der Waals surface area contributed by atoms with Gasteiger partial charge in [-0.2, -0.15) is 0 Å². The van der Waals surface area contributed by atoms with Crippen LogP contribution in [0.3, 0.4) is 0 Å². The van der Waals surface area contributed by atoms with E-state index in [1.807, 2.05) is 18.2 Å². The van der Waals surface area contributed by atoms with Crippen molar-refractivity contribution >= 4 is 29.1 Å². The average molecular weight is 368 g/mol. The lowest BCUT2D eigenvalue weighted by Crippen LogP contribution is -2.35. The molecule has 126 valence electrons. The Morgan fingerprint density at radius 2 is 1.88 bits per heavy atom. The first kappa shape index (κ1) is 16.7. The predicted molar refractivity (Wildman–Crippen MR) is 91.0 cm³/mol. The zero-order chi connectivity index (χ0) is 17.1. The third-order valence-electron chi connectivity index (χ3n) is 3.42. The van der Waals surface area contributed by atoms with Gasteiger partial charge >= 0.3 is 0 Å². The molecule has 1 aliphatic rings. The molecule has 0 spiro atoms. The third-order valence-corrected chi connectivity index (χ3v) is 3.86. The first-order valence-electron chi connectivity index (χ1n) is 7.30. The maximum Gasteiger partial charge on any atom is 0.261 e. The van der Waals surface area contributed by atoms with Gasteiger partial charge in [-0.15, -0.1) is 0 Å². The number of halogens is 2. The highest BCUT2D eigenvalue weighted by molar-refractivity contribution is 6.34. The Bertz CT molecular complexity index is 746. The lowest BCUT2D eigenvalue weighted by atomic mass is 10.2. The fraction of sp³-hybridized carbons (Fsp3) is 0.235. The quantitative estimate of drug-likeness (QED) is 0.872. The monoisotopic (exact) mass is 367 g/mol. The summed E-state index contributed by atoms with van der Waals surface area (Å²) < 4.78 is 16.1. The molecule has 2 aromatic rings. The summed E-state index contributed by atoms with van der Waals surface area (Å²) in [5.41, 5.74) is 0.908. The fourth-order valence-corrected chi connectivity index (χ4v) is 2.74. The van der Waals surface area contributed by atoms with Gasteiger partial charge in [0.1, 0.15) is 5.75 Å². The third kappa shape index (κ3) is 4.04. The summed E-state index contributed by atoms with van der Waals surface area (Å²) in [5.74, 6) is 1.58. The van der Waals surface area contributed by atoms with Crippen molar-refractivity contribution in [1.29, 1.82) is 0 Å². The number of benzene rings is 2. The molecular formula is C17H15Cl2NO4. The summed E-state index contributed by atoms with van der Waals surface area (Å²) in [6, 6.07) is 10.3. The van der Waals surface area contributed by atoms with E-state index in [0.717, 1.165) is 5.56 Å². The van der Waals surface area contributed by atoms with Crippen LogP contribution in [-0.4, -0.2) is 18.8 Å². The van der Waals surface area contributed by atoms with E-state index >= 15 is 0 Å². The van der Waals surface area contributed by atoms with Gasteiger partial charge in [-0.25, -0.2) is 0 Å². The Morgan fingerprint density at radius 1 is 1.17 bits per heavy atom. The van der Waals surface area contributed by atoms with E-state index in [4.69, 9.17) is 37.4 Å². The second-order valence-corrected chi connectivity index (χ2v) is 6.14. The van der Waals surface area contributed by atoms with Gasteiger partial charge in [-0.1, -0.05) is 29.3 Å².